The number of anilines is 2. The Balaban J connectivity index is 1.57. The maximum Gasteiger partial charge on any atom is 0.238 e. The average Bonchev–Trinajstić information content (AvgIpc) is 2.96. The summed E-state index contributed by atoms with van der Waals surface area (Å²) in [6.07, 6.45) is 2.57. The van der Waals surface area contributed by atoms with Gasteiger partial charge in [-0.05, 0) is 36.8 Å². The highest BCUT2D eigenvalue weighted by molar-refractivity contribution is 7.89. The fourth-order valence-corrected chi connectivity index (χ4v) is 3.92. The topological polar surface area (TPSA) is 132 Å². The van der Waals surface area contributed by atoms with Gasteiger partial charge in [-0.15, -0.1) is 0 Å². The van der Waals surface area contributed by atoms with Gasteiger partial charge in [-0.2, -0.15) is 5.26 Å². The van der Waals surface area contributed by atoms with Crippen LogP contribution in [0.25, 0.3) is 11.0 Å². The molecule has 1 aliphatic rings. The summed E-state index contributed by atoms with van der Waals surface area (Å²) >= 11 is 0. The molecular formula is C18H19N7O2S. The lowest BCUT2D eigenvalue weighted by Gasteiger charge is -2.23. The fraction of sp³-hybridized carbons (Fsp3) is 0.278. The molecule has 9 nitrogen and oxygen atoms in total. The van der Waals surface area contributed by atoms with E-state index in [1.165, 1.54) is 12.1 Å². The molecule has 0 aliphatic carbocycles. The Hall–Kier alpha value is -3.16. The minimum Gasteiger partial charge on any atom is -0.354 e. The highest BCUT2D eigenvalue weighted by Gasteiger charge is 2.20. The van der Waals surface area contributed by atoms with Gasteiger partial charge in [0.15, 0.2) is 0 Å². The van der Waals surface area contributed by atoms with Crippen molar-refractivity contribution in [2.24, 2.45) is 5.14 Å². The number of hydrogen-bond acceptors (Lipinski definition) is 7. The third-order valence-electron chi connectivity index (χ3n) is 4.77. The molecule has 0 saturated carbocycles. The largest absolute Gasteiger partial charge is 0.354 e. The Morgan fingerprint density at radius 3 is 2.71 bits per heavy atom. The van der Waals surface area contributed by atoms with Gasteiger partial charge >= 0.3 is 0 Å². The van der Waals surface area contributed by atoms with E-state index in [9.17, 15) is 13.7 Å². The number of imidazole rings is 1. The number of aromatic nitrogens is 3. The number of H-pyrrole nitrogens is 1. The van der Waals surface area contributed by atoms with Gasteiger partial charge in [0.2, 0.25) is 16.0 Å². The fourth-order valence-electron chi connectivity index (χ4n) is 3.38. The molecule has 1 aromatic carbocycles. The predicted molar refractivity (Wildman–Crippen MR) is 105 cm³/mol. The summed E-state index contributed by atoms with van der Waals surface area (Å²) < 4.78 is 23.1. The van der Waals surface area contributed by atoms with E-state index in [0.29, 0.717) is 41.5 Å². The van der Waals surface area contributed by atoms with Gasteiger partial charge in [-0.25, -0.2) is 23.5 Å². The monoisotopic (exact) mass is 397 g/mol. The first kappa shape index (κ1) is 18.2. The number of fused-ring (bicyclic) bond motifs is 1. The second kappa shape index (κ2) is 7.10. The van der Waals surface area contributed by atoms with Crippen LogP contribution in [0, 0.1) is 11.3 Å². The lowest BCUT2D eigenvalue weighted by atomic mass is 10.2. The molecule has 0 atom stereocenters. The van der Waals surface area contributed by atoms with Gasteiger partial charge < -0.3 is 14.8 Å². The van der Waals surface area contributed by atoms with Gasteiger partial charge in [0.1, 0.15) is 11.9 Å². The van der Waals surface area contributed by atoms with E-state index in [1.807, 2.05) is 0 Å². The van der Waals surface area contributed by atoms with Gasteiger partial charge in [-0.1, -0.05) is 0 Å². The SMILES string of the molecule is N#Cc1cccnc1N1CCCN(c2nc3ccc(S(N)(=O)=O)cc3[nH]2)CC1. The number of hydrogen-bond donors (Lipinski definition) is 2. The van der Waals surface area contributed by atoms with Crippen LogP contribution in [0.2, 0.25) is 0 Å². The third-order valence-corrected chi connectivity index (χ3v) is 5.68. The Kier molecular flexibility index (Phi) is 4.62. The molecule has 28 heavy (non-hydrogen) atoms. The van der Waals surface area contributed by atoms with Crippen LogP contribution >= 0.6 is 0 Å². The summed E-state index contributed by atoms with van der Waals surface area (Å²) in [5, 5.41) is 14.5. The predicted octanol–water partition coefficient (Wildman–Crippen LogP) is 1.19. The number of nitrogens with two attached hydrogens (primary N) is 1. The van der Waals surface area contributed by atoms with E-state index < -0.39 is 10.0 Å². The summed E-state index contributed by atoms with van der Waals surface area (Å²) in [7, 11) is -3.76. The molecule has 144 valence electrons. The standard InChI is InChI=1S/C18H19N7O2S/c19-12-13-3-1-6-21-17(13)24-7-2-8-25(10-9-24)18-22-15-5-4-14(28(20,26)27)11-16(15)23-18/h1,3-6,11H,2,7-10H2,(H,22,23)(H2,20,26,27). The lowest BCUT2D eigenvalue weighted by molar-refractivity contribution is 0.598. The summed E-state index contributed by atoms with van der Waals surface area (Å²) in [6, 6.07) is 10.3. The highest BCUT2D eigenvalue weighted by Crippen LogP contribution is 2.23. The number of pyridine rings is 1. The molecule has 4 rings (SSSR count). The Labute approximate surface area is 162 Å². The number of aromatic amines is 1. The summed E-state index contributed by atoms with van der Waals surface area (Å²) in [5.74, 6) is 1.39. The van der Waals surface area contributed by atoms with Crippen molar-refractivity contribution in [1.29, 1.82) is 5.26 Å². The molecule has 0 unspecified atom stereocenters. The van der Waals surface area contributed by atoms with Crippen LogP contribution in [0.5, 0.6) is 0 Å². The number of sulfonamides is 1. The quantitative estimate of drug-likeness (QED) is 0.678. The Bertz CT molecular complexity index is 1170. The third kappa shape index (κ3) is 3.49. The molecule has 1 fully saturated rings. The van der Waals surface area contributed by atoms with E-state index in [4.69, 9.17) is 5.14 Å². The number of nitriles is 1. The maximum atomic E-state index is 11.6. The molecule has 1 aliphatic heterocycles. The van der Waals surface area contributed by atoms with Gasteiger partial charge in [0.05, 0.1) is 21.5 Å². The number of nitrogens with one attached hydrogen (secondary N) is 1. The van der Waals surface area contributed by atoms with Crippen LogP contribution in [0.1, 0.15) is 12.0 Å². The molecule has 3 heterocycles. The normalized spacial score (nSPS) is 15.4. The summed E-state index contributed by atoms with van der Waals surface area (Å²) in [5.41, 5.74) is 1.87. The second-order valence-corrected chi connectivity index (χ2v) is 8.16. The number of nitrogens with zero attached hydrogens (tertiary/aromatic N) is 5. The molecule has 0 spiro atoms. The molecule has 0 radical (unpaired) electrons. The first-order valence-corrected chi connectivity index (χ1v) is 10.4. The molecule has 3 aromatic rings. The number of primary sulfonamides is 1. The van der Waals surface area contributed by atoms with Crippen LogP contribution in [-0.2, 0) is 10.0 Å². The molecule has 2 aromatic heterocycles. The zero-order valence-corrected chi connectivity index (χ0v) is 15.9. The van der Waals surface area contributed by atoms with Crippen molar-refractivity contribution in [3.8, 4) is 6.07 Å². The average molecular weight is 397 g/mol. The van der Waals surface area contributed by atoms with Gasteiger partial charge in [0.25, 0.3) is 0 Å². The first-order valence-electron chi connectivity index (χ1n) is 8.83. The minimum absolute atomic E-state index is 0.0522. The van der Waals surface area contributed by atoms with Crippen LogP contribution in [0.3, 0.4) is 0 Å². The molecule has 10 heteroatoms. The summed E-state index contributed by atoms with van der Waals surface area (Å²) in [6.45, 7) is 2.97. The van der Waals surface area contributed by atoms with Crippen molar-refractivity contribution in [3.63, 3.8) is 0 Å². The lowest BCUT2D eigenvalue weighted by Crippen LogP contribution is -2.32. The van der Waals surface area contributed by atoms with E-state index in [0.717, 1.165) is 19.5 Å². The van der Waals surface area contributed by atoms with Gasteiger partial charge in [-0.3, -0.25) is 0 Å². The molecule has 3 N–H and O–H groups in total. The molecular weight excluding hydrogens is 378 g/mol. The smallest absolute Gasteiger partial charge is 0.238 e. The van der Waals surface area contributed by atoms with Crippen molar-refractivity contribution in [1.82, 2.24) is 15.0 Å². The van der Waals surface area contributed by atoms with Crippen LogP contribution in [-0.4, -0.2) is 49.5 Å². The number of rotatable bonds is 3. The van der Waals surface area contributed by atoms with E-state index >= 15 is 0 Å². The number of benzene rings is 1. The van der Waals surface area contributed by atoms with Crippen LogP contribution in [0.15, 0.2) is 41.4 Å². The van der Waals surface area contributed by atoms with Crippen molar-refractivity contribution >= 4 is 32.8 Å². The highest BCUT2D eigenvalue weighted by atomic mass is 32.2. The molecule has 1 saturated heterocycles. The summed E-state index contributed by atoms with van der Waals surface area (Å²) in [4.78, 5) is 16.4. The zero-order chi connectivity index (χ0) is 19.7. The van der Waals surface area contributed by atoms with Crippen molar-refractivity contribution < 1.29 is 8.42 Å². The van der Waals surface area contributed by atoms with Crippen molar-refractivity contribution in [2.75, 3.05) is 36.0 Å². The Morgan fingerprint density at radius 1 is 1.14 bits per heavy atom. The van der Waals surface area contributed by atoms with Crippen LogP contribution < -0.4 is 14.9 Å². The van der Waals surface area contributed by atoms with Crippen molar-refractivity contribution in [3.05, 3.63) is 42.1 Å². The minimum atomic E-state index is -3.76. The van der Waals surface area contributed by atoms with Crippen LogP contribution in [0.4, 0.5) is 11.8 Å². The van der Waals surface area contributed by atoms with Crippen molar-refractivity contribution in [2.45, 2.75) is 11.3 Å². The molecule has 0 amide bonds. The second-order valence-electron chi connectivity index (χ2n) is 6.60. The van der Waals surface area contributed by atoms with Gasteiger partial charge in [0, 0.05) is 32.4 Å². The van der Waals surface area contributed by atoms with E-state index in [1.54, 1.807) is 24.4 Å². The molecule has 0 bridgehead atoms. The van der Waals surface area contributed by atoms with E-state index in [2.05, 4.69) is 30.8 Å². The zero-order valence-electron chi connectivity index (χ0n) is 15.0. The maximum absolute atomic E-state index is 11.6. The Morgan fingerprint density at radius 2 is 1.93 bits per heavy atom. The van der Waals surface area contributed by atoms with E-state index in [-0.39, 0.29) is 4.90 Å². The first-order chi connectivity index (χ1) is 13.5.